The summed E-state index contributed by atoms with van der Waals surface area (Å²) in [5.74, 6) is -0.258. The number of ether oxygens (including phenoxy) is 2. The molecule has 2 saturated heterocycles. The highest BCUT2D eigenvalue weighted by atomic mass is 79.9. The summed E-state index contributed by atoms with van der Waals surface area (Å²) >= 11 is 38.2. The van der Waals surface area contributed by atoms with Crippen molar-refractivity contribution >= 4 is 190 Å². The van der Waals surface area contributed by atoms with Crippen molar-refractivity contribution in [3.63, 3.8) is 0 Å². The number of morpholine rings is 2. The fraction of sp³-hybridized carbons (Fsp3) is 0.245. The molecule has 0 unspecified atom stereocenters. The van der Waals surface area contributed by atoms with E-state index < -0.39 is 30.1 Å². The Hall–Kier alpha value is -4.03. The largest absolute Gasteiger partial charge is 0.370 e. The summed E-state index contributed by atoms with van der Waals surface area (Å²) < 4.78 is 95.2. The zero-order valence-electron chi connectivity index (χ0n) is 41.3. The maximum Gasteiger partial charge on any atom is 0.271 e. The van der Waals surface area contributed by atoms with Crippen LogP contribution in [0, 0.1) is 6.92 Å². The quantitative estimate of drug-likeness (QED) is 0.0670. The van der Waals surface area contributed by atoms with Crippen molar-refractivity contribution in [1.29, 1.82) is 0 Å². The minimum absolute atomic E-state index is 0.00840. The Labute approximate surface area is 506 Å². The van der Waals surface area contributed by atoms with Gasteiger partial charge in [0, 0.05) is 80.4 Å². The third-order valence-electron chi connectivity index (χ3n) is 11.4. The van der Waals surface area contributed by atoms with E-state index in [0.717, 1.165) is 33.6 Å². The number of nitrogens with zero attached hydrogens (tertiary/aromatic N) is 2. The van der Waals surface area contributed by atoms with Crippen molar-refractivity contribution in [2.45, 2.75) is 40.7 Å². The number of carbonyl (C=O) groups excluding carboxylic acids is 3. The number of hydrogen-bond donors (Lipinski definition) is 4. The molecule has 6 heterocycles. The lowest BCUT2D eigenvalue weighted by Gasteiger charge is -2.26. The third kappa shape index (κ3) is 17.0. The molecule has 2 aliphatic rings. The second-order valence-corrected chi connectivity index (χ2v) is 28.7. The van der Waals surface area contributed by atoms with E-state index in [1.165, 1.54) is 71.3 Å². The van der Waals surface area contributed by atoms with Crippen molar-refractivity contribution in [1.82, 2.24) is 9.80 Å². The summed E-state index contributed by atoms with van der Waals surface area (Å²) in [6.07, 6.45) is 1.09. The standard InChI is InChI=1S/C17H18Cl2N2O4S2.C16H12BrClN2O3S3.C16H16Cl2N2O4S2/c1-11-6-13(18)7-14(19)17(11)27(23,24)20-15-10-26-9-12(15)2-3-21-4-5-25-8-16(21)22;1-9(21)19-11-4-2-10(3-5-11)12-7-24-8-14(12)20-26(22,23)15-6-13(17)16(18)25-15;17-12-1-2-15(13(18)7-12)26(22,23)19-14-10-25-9-11(14)3-4-20-5-6-24-8-16(20)21/h6-7,9-10,20H,2-5,8H2,1H3;2-8,20H,1H3,(H,19,21);1-2,7,9-10,19H,3-6,8H2. The fourth-order valence-electron chi connectivity index (χ4n) is 7.61. The van der Waals surface area contributed by atoms with Gasteiger partial charge in [0.1, 0.15) is 31.6 Å². The van der Waals surface area contributed by atoms with Gasteiger partial charge < -0.3 is 24.6 Å². The van der Waals surface area contributed by atoms with Crippen molar-refractivity contribution in [2.24, 2.45) is 0 Å². The molecule has 422 valence electrons. The van der Waals surface area contributed by atoms with Gasteiger partial charge in [-0.1, -0.05) is 70.1 Å². The van der Waals surface area contributed by atoms with Crippen molar-refractivity contribution in [3.8, 4) is 11.1 Å². The van der Waals surface area contributed by atoms with Gasteiger partial charge in [-0.3, -0.25) is 28.5 Å². The zero-order chi connectivity index (χ0) is 57.2. The Morgan fingerprint density at radius 1 is 0.646 bits per heavy atom. The van der Waals surface area contributed by atoms with Gasteiger partial charge in [-0.2, -0.15) is 0 Å². The molecule has 0 saturated carbocycles. The lowest BCUT2D eigenvalue weighted by molar-refractivity contribution is -0.143. The SMILES string of the molecule is CC(=O)Nc1ccc(-c2cscc2NS(=O)(=O)c2cc(Br)c(Cl)s2)cc1.Cc1cc(Cl)cc(Cl)c1S(=O)(=O)Nc1cscc1CCN1CCOCC1=O.O=C1COCCN1CCc1cscc1NS(=O)(=O)c1ccc(Cl)cc1Cl. The minimum atomic E-state index is -3.87. The predicted molar refractivity (Wildman–Crippen MR) is 322 cm³/mol. The Kier molecular flexibility index (Phi) is 22.0. The van der Waals surface area contributed by atoms with Crippen LogP contribution in [0.3, 0.4) is 0 Å². The van der Waals surface area contributed by atoms with E-state index in [0.29, 0.717) is 99.4 Å². The molecule has 4 aromatic heterocycles. The van der Waals surface area contributed by atoms with Gasteiger partial charge in [0.15, 0.2) is 0 Å². The first-order valence-corrected chi connectivity index (χ1v) is 33.9. The molecule has 0 bridgehead atoms. The van der Waals surface area contributed by atoms with Gasteiger partial charge in [0.25, 0.3) is 30.1 Å². The first-order chi connectivity index (χ1) is 37.4. The van der Waals surface area contributed by atoms with E-state index in [1.807, 2.05) is 28.3 Å². The van der Waals surface area contributed by atoms with Crippen LogP contribution in [-0.2, 0) is 66.8 Å². The summed E-state index contributed by atoms with van der Waals surface area (Å²) in [5, 5.41) is 14.4. The molecule has 0 radical (unpaired) electrons. The maximum absolute atomic E-state index is 12.8. The van der Waals surface area contributed by atoms with E-state index in [1.54, 1.807) is 51.1 Å². The molecule has 0 atom stereocenters. The monoisotopic (exact) mass is 1370 g/mol. The van der Waals surface area contributed by atoms with E-state index in [4.69, 9.17) is 67.5 Å². The summed E-state index contributed by atoms with van der Waals surface area (Å²) in [4.78, 5) is 38.1. The molecule has 2 fully saturated rings. The molecule has 2 aliphatic heterocycles. The Morgan fingerprint density at radius 2 is 1.18 bits per heavy atom. The number of halogens is 6. The molecule has 9 rings (SSSR count). The van der Waals surface area contributed by atoms with Crippen LogP contribution in [0.5, 0.6) is 0 Å². The lowest BCUT2D eigenvalue weighted by atomic mass is 10.1. The van der Waals surface area contributed by atoms with Crippen LogP contribution in [0.25, 0.3) is 11.1 Å². The minimum Gasteiger partial charge on any atom is -0.370 e. The molecule has 3 amide bonds. The molecule has 7 aromatic rings. The second-order valence-electron chi connectivity index (χ2n) is 17.1. The van der Waals surface area contributed by atoms with E-state index in [9.17, 15) is 39.6 Å². The molecule has 4 N–H and O–H groups in total. The first-order valence-electron chi connectivity index (χ1n) is 23.1. The molecule has 0 spiro atoms. The number of aryl methyl sites for hydroxylation is 1. The third-order valence-corrected chi connectivity index (χ3v) is 22.3. The number of carbonyl (C=O) groups is 3. The second kappa shape index (κ2) is 27.8. The number of amides is 3. The van der Waals surface area contributed by atoms with Gasteiger partial charge in [0.05, 0.1) is 40.3 Å². The molecule has 30 heteroatoms. The molecule has 3 aromatic carbocycles. The topological polar surface area (TPSA) is 227 Å². The average Bonchev–Trinajstić information content (AvgIpc) is 4.20. The summed E-state index contributed by atoms with van der Waals surface area (Å²) in [6.45, 7) is 6.42. The average molecular weight is 1380 g/mol. The number of benzene rings is 3. The van der Waals surface area contributed by atoms with E-state index >= 15 is 0 Å². The van der Waals surface area contributed by atoms with Crippen LogP contribution in [0.15, 0.2) is 111 Å². The molecule has 17 nitrogen and oxygen atoms in total. The van der Waals surface area contributed by atoms with Crippen LogP contribution in [0.1, 0.15) is 23.6 Å². The highest BCUT2D eigenvalue weighted by molar-refractivity contribution is 9.10. The van der Waals surface area contributed by atoms with Gasteiger partial charge >= 0.3 is 0 Å². The van der Waals surface area contributed by atoms with Gasteiger partial charge in [-0.25, -0.2) is 25.3 Å². The van der Waals surface area contributed by atoms with Gasteiger partial charge in [-0.05, 0) is 117 Å². The van der Waals surface area contributed by atoms with Crippen LogP contribution in [0.2, 0.25) is 24.4 Å². The van der Waals surface area contributed by atoms with E-state index in [-0.39, 0.29) is 55.0 Å². The predicted octanol–water partition coefficient (Wildman–Crippen LogP) is 12.5. The highest BCUT2D eigenvalue weighted by Crippen LogP contribution is 2.39. The molecular formula is C49H46BrCl5N6O11S7. The highest BCUT2D eigenvalue weighted by Gasteiger charge is 2.26. The number of sulfonamides is 3. The van der Waals surface area contributed by atoms with Crippen molar-refractivity contribution in [3.05, 3.63) is 139 Å². The molecular weight excluding hydrogens is 1330 g/mol. The summed E-state index contributed by atoms with van der Waals surface area (Å²) in [5.41, 5.74) is 5.86. The number of anilines is 4. The van der Waals surface area contributed by atoms with Crippen LogP contribution < -0.4 is 19.5 Å². The van der Waals surface area contributed by atoms with E-state index in [2.05, 4.69) is 35.4 Å². The molecule has 0 aliphatic carbocycles. The van der Waals surface area contributed by atoms with Crippen molar-refractivity contribution in [2.75, 3.05) is 72.1 Å². The fourth-order valence-corrected chi connectivity index (χ4v) is 17.8. The Balaban J connectivity index is 0.000000172. The van der Waals surface area contributed by atoms with Crippen LogP contribution >= 0.6 is 119 Å². The van der Waals surface area contributed by atoms with Gasteiger partial charge in [-0.15, -0.1) is 45.3 Å². The number of hydrogen-bond acceptors (Lipinski definition) is 15. The van der Waals surface area contributed by atoms with Crippen LogP contribution in [0.4, 0.5) is 22.7 Å². The molecule has 79 heavy (non-hydrogen) atoms. The Morgan fingerprint density at radius 3 is 1.70 bits per heavy atom. The smallest absolute Gasteiger partial charge is 0.271 e. The number of rotatable bonds is 17. The van der Waals surface area contributed by atoms with Crippen molar-refractivity contribution < 1.29 is 49.1 Å². The summed E-state index contributed by atoms with van der Waals surface area (Å²) in [7, 11) is -11.4. The number of thiophene rings is 4. The maximum atomic E-state index is 12.8. The Bertz CT molecular complexity index is 3650. The lowest BCUT2D eigenvalue weighted by Crippen LogP contribution is -2.42. The van der Waals surface area contributed by atoms with Crippen LogP contribution in [-0.4, -0.2) is 105 Å². The first kappa shape index (κ1) is 62.6. The van der Waals surface area contributed by atoms with Gasteiger partial charge in [0.2, 0.25) is 17.7 Å². The zero-order valence-corrected chi connectivity index (χ0v) is 52.4. The summed E-state index contributed by atoms with van der Waals surface area (Å²) in [6, 6.07) is 15.8. The number of nitrogens with one attached hydrogen (secondary N) is 4. The normalized spacial score (nSPS) is 14.0.